The molecule has 0 aliphatic carbocycles. The largest absolute Gasteiger partial charge is 0.345 e. The van der Waals surface area contributed by atoms with E-state index in [1.807, 2.05) is 0 Å². The maximum Gasteiger partial charge on any atom is 0.328 e. The first-order chi connectivity index (χ1) is 10.9. The Labute approximate surface area is 131 Å². The first-order valence-electron chi connectivity index (χ1n) is 6.78. The fourth-order valence-electron chi connectivity index (χ4n) is 1.88. The standard InChI is InChI=1S/C15H16N4O4/c1-18(2)14(22)10-3-5-11(6-4-10)16-13(21)9-19-8-7-12(20)17-15(19)23/h3-8H,9H2,1-2H3,(H,16,21)(H,17,20,23). The van der Waals surface area contributed by atoms with E-state index in [0.29, 0.717) is 11.3 Å². The molecule has 8 heteroatoms. The Kier molecular flexibility index (Phi) is 4.75. The smallest absolute Gasteiger partial charge is 0.328 e. The summed E-state index contributed by atoms with van der Waals surface area (Å²) in [6.45, 7) is -0.228. The first kappa shape index (κ1) is 16.2. The molecular weight excluding hydrogens is 300 g/mol. The lowest BCUT2D eigenvalue weighted by Gasteiger charge is -2.11. The fraction of sp³-hybridized carbons (Fsp3) is 0.200. The highest BCUT2D eigenvalue weighted by Gasteiger charge is 2.09. The minimum atomic E-state index is -0.653. The minimum absolute atomic E-state index is 0.136. The summed E-state index contributed by atoms with van der Waals surface area (Å²) < 4.78 is 1.08. The summed E-state index contributed by atoms with van der Waals surface area (Å²) >= 11 is 0. The third kappa shape index (κ3) is 4.16. The van der Waals surface area contributed by atoms with E-state index in [9.17, 15) is 19.2 Å². The number of nitrogens with one attached hydrogen (secondary N) is 2. The summed E-state index contributed by atoms with van der Waals surface area (Å²) in [6, 6.07) is 7.57. The Morgan fingerprint density at radius 2 is 1.78 bits per heavy atom. The number of H-pyrrole nitrogens is 1. The van der Waals surface area contributed by atoms with Crippen molar-refractivity contribution in [1.82, 2.24) is 14.5 Å². The lowest BCUT2D eigenvalue weighted by atomic mass is 10.2. The number of carbonyl (C=O) groups excluding carboxylic acids is 2. The normalized spacial score (nSPS) is 10.2. The molecule has 0 aliphatic rings. The average molecular weight is 316 g/mol. The maximum atomic E-state index is 11.9. The van der Waals surface area contributed by atoms with Crippen LogP contribution < -0.4 is 16.6 Å². The van der Waals surface area contributed by atoms with Crippen molar-refractivity contribution in [3.8, 4) is 0 Å². The molecule has 0 unspecified atom stereocenters. The van der Waals surface area contributed by atoms with Gasteiger partial charge in [-0.25, -0.2) is 4.79 Å². The number of carbonyl (C=O) groups is 2. The van der Waals surface area contributed by atoms with Crippen LogP contribution in [0.4, 0.5) is 5.69 Å². The van der Waals surface area contributed by atoms with Crippen molar-refractivity contribution < 1.29 is 9.59 Å². The van der Waals surface area contributed by atoms with Gasteiger partial charge in [-0.1, -0.05) is 0 Å². The second-order valence-corrected chi connectivity index (χ2v) is 5.06. The van der Waals surface area contributed by atoms with Crippen molar-refractivity contribution in [3.63, 3.8) is 0 Å². The summed E-state index contributed by atoms with van der Waals surface area (Å²) in [6.07, 6.45) is 1.25. The molecule has 0 radical (unpaired) electrons. The molecule has 0 saturated heterocycles. The molecule has 23 heavy (non-hydrogen) atoms. The predicted octanol–water partition coefficient (Wildman–Crippen LogP) is -0.123. The van der Waals surface area contributed by atoms with Gasteiger partial charge < -0.3 is 10.2 Å². The van der Waals surface area contributed by atoms with Crippen LogP contribution >= 0.6 is 0 Å². The fourth-order valence-corrected chi connectivity index (χ4v) is 1.88. The molecule has 2 amide bonds. The number of hydrogen-bond acceptors (Lipinski definition) is 4. The molecule has 1 aromatic heterocycles. The Morgan fingerprint density at radius 3 is 2.35 bits per heavy atom. The highest BCUT2D eigenvalue weighted by Crippen LogP contribution is 2.10. The first-order valence-corrected chi connectivity index (χ1v) is 6.78. The van der Waals surface area contributed by atoms with Gasteiger partial charge in [0.25, 0.3) is 11.5 Å². The van der Waals surface area contributed by atoms with Gasteiger partial charge in [0.2, 0.25) is 5.91 Å². The number of nitrogens with zero attached hydrogens (tertiary/aromatic N) is 2. The second kappa shape index (κ2) is 6.73. The lowest BCUT2D eigenvalue weighted by Crippen LogP contribution is -2.32. The van der Waals surface area contributed by atoms with E-state index >= 15 is 0 Å². The third-order valence-corrected chi connectivity index (χ3v) is 3.03. The number of aromatic amines is 1. The van der Waals surface area contributed by atoms with Gasteiger partial charge in [0.15, 0.2) is 0 Å². The summed E-state index contributed by atoms with van der Waals surface area (Å²) in [4.78, 5) is 49.6. The van der Waals surface area contributed by atoms with Crippen molar-refractivity contribution in [1.29, 1.82) is 0 Å². The van der Waals surface area contributed by atoms with Gasteiger partial charge in [-0.3, -0.25) is 23.9 Å². The molecule has 0 saturated carbocycles. The van der Waals surface area contributed by atoms with Crippen LogP contribution in [0.15, 0.2) is 46.1 Å². The molecule has 2 aromatic rings. The molecule has 1 aromatic carbocycles. The molecule has 1 heterocycles. The number of benzene rings is 1. The van der Waals surface area contributed by atoms with Crippen LogP contribution in [0.2, 0.25) is 0 Å². The molecule has 0 aliphatic heterocycles. The third-order valence-electron chi connectivity index (χ3n) is 3.03. The van der Waals surface area contributed by atoms with E-state index in [0.717, 1.165) is 10.6 Å². The van der Waals surface area contributed by atoms with Crippen LogP contribution in [0, 0.1) is 0 Å². The van der Waals surface area contributed by atoms with E-state index < -0.39 is 17.2 Å². The molecule has 0 atom stereocenters. The zero-order valence-corrected chi connectivity index (χ0v) is 12.7. The zero-order valence-electron chi connectivity index (χ0n) is 12.7. The van der Waals surface area contributed by atoms with E-state index in [1.165, 1.54) is 11.1 Å². The topological polar surface area (TPSA) is 104 Å². The van der Waals surface area contributed by atoms with Crippen LogP contribution in [0.1, 0.15) is 10.4 Å². The van der Waals surface area contributed by atoms with Crippen molar-refractivity contribution >= 4 is 17.5 Å². The highest BCUT2D eigenvalue weighted by atomic mass is 16.2. The molecule has 2 rings (SSSR count). The quantitative estimate of drug-likeness (QED) is 0.820. The van der Waals surface area contributed by atoms with Gasteiger partial charge in [-0.2, -0.15) is 0 Å². The van der Waals surface area contributed by atoms with Gasteiger partial charge in [0.05, 0.1) is 0 Å². The van der Waals surface area contributed by atoms with Crippen LogP contribution in [0.25, 0.3) is 0 Å². The van der Waals surface area contributed by atoms with Crippen LogP contribution in [0.5, 0.6) is 0 Å². The van der Waals surface area contributed by atoms with E-state index in [4.69, 9.17) is 0 Å². The number of anilines is 1. The zero-order chi connectivity index (χ0) is 17.0. The summed E-state index contributed by atoms with van der Waals surface area (Å²) in [5, 5.41) is 2.61. The van der Waals surface area contributed by atoms with Crippen molar-refractivity contribution in [3.05, 3.63) is 62.9 Å². The van der Waals surface area contributed by atoms with E-state index in [-0.39, 0.29) is 12.5 Å². The number of amides is 2. The van der Waals surface area contributed by atoms with Gasteiger partial charge in [-0.15, -0.1) is 0 Å². The summed E-state index contributed by atoms with van der Waals surface area (Å²) in [5.41, 5.74) is -0.167. The van der Waals surface area contributed by atoms with Crippen LogP contribution in [-0.4, -0.2) is 40.4 Å². The molecular formula is C15H16N4O4. The number of aromatic nitrogens is 2. The van der Waals surface area contributed by atoms with Crippen molar-refractivity contribution in [2.45, 2.75) is 6.54 Å². The average Bonchev–Trinajstić information content (AvgIpc) is 2.50. The second-order valence-electron chi connectivity index (χ2n) is 5.06. The molecule has 0 fully saturated rings. The minimum Gasteiger partial charge on any atom is -0.345 e. The maximum absolute atomic E-state index is 11.9. The summed E-state index contributed by atoms with van der Waals surface area (Å²) in [5.74, 6) is -0.562. The highest BCUT2D eigenvalue weighted by molar-refractivity contribution is 5.95. The Bertz CT molecular complexity index is 834. The molecule has 120 valence electrons. The van der Waals surface area contributed by atoms with Crippen LogP contribution in [0.3, 0.4) is 0 Å². The Hall–Kier alpha value is -3.16. The molecule has 8 nitrogen and oxygen atoms in total. The SMILES string of the molecule is CN(C)C(=O)c1ccc(NC(=O)Cn2ccc(=O)[nH]c2=O)cc1. The van der Waals surface area contributed by atoms with Gasteiger partial charge in [0, 0.05) is 37.6 Å². The Morgan fingerprint density at radius 1 is 1.13 bits per heavy atom. The molecule has 0 bridgehead atoms. The molecule has 0 spiro atoms. The predicted molar refractivity (Wildman–Crippen MR) is 84.4 cm³/mol. The van der Waals surface area contributed by atoms with E-state index in [2.05, 4.69) is 10.3 Å². The van der Waals surface area contributed by atoms with Crippen LogP contribution in [-0.2, 0) is 11.3 Å². The number of rotatable bonds is 4. The van der Waals surface area contributed by atoms with Crippen molar-refractivity contribution in [2.24, 2.45) is 0 Å². The number of hydrogen-bond donors (Lipinski definition) is 2. The van der Waals surface area contributed by atoms with Gasteiger partial charge in [-0.05, 0) is 24.3 Å². The summed E-state index contributed by atoms with van der Waals surface area (Å²) in [7, 11) is 3.31. The lowest BCUT2D eigenvalue weighted by molar-refractivity contribution is -0.116. The van der Waals surface area contributed by atoms with Crippen molar-refractivity contribution in [2.75, 3.05) is 19.4 Å². The van der Waals surface area contributed by atoms with Gasteiger partial charge in [0.1, 0.15) is 6.54 Å². The monoisotopic (exact) mass is 316 g/mol. The van der Waals surface area contributed by atoms with Gasteiger partial charge >= 0.3 is 5.69 Å². The Balaban J connectivity index is 2.04. The van der Waals surface area contributed by atoms with E-state index in [1.54, 1.807) is 38.4 Å². The molecule has 2 N–H and O–H groups in total.